The van der Waals surface area contributed by atoms with Crippen molar-refractivity contribution in [3.05, 3.63) is 32.6 Å². The fourth-order valence-electron chi connectivity index (χ4n) is 2.51. The third-order valence-corrected chi connectivity index (χ3v) is 5.86. The van der Waals surface area contributed by atoms with Crippen molar-refractivity contribution in [1.29, 1.82) is 0 Å². The minimum absolute atomic E-state index is 0.0206. The lowest BCUT2D eigenvalue weighted by molar-refractivity contribution is -0.150. The molecule has 1 aromatic rings. The zero-order valence-corrected chi connectivity index (χ0v) is 16.5. The van der Waals surface area contributed by atoms with Crippen LogP contribution in [0.5, 0.6) is 0 Å². The summed E-state index contributed by atoms with van der Waals surface area (Å²) >= 11 is 0. The number of nitrogens with one attached hydrogen (secondary N) is 1. The molecule has 2 radical (unpaired) electrons. The Bertz CT molecular complexity index is 954. The number of phosphoric acid groups is 1. The molecule has 1 unspecified atom stereocenters. The van der Waals surface area contributed by atoms with Crippen LogP contribution in [0.15, 0.2) is 15.8 Å². The van der Waals surface area contributed by atoms with Crippen LogP contribution in [0.4, 0.5) is 0 Å². The molecule has 1 fully saturated rings. The molecule has 0 aromatic carbocycles. The number of rotatable bonds is 7. The summed E-state index contributed by atoms with van der Waals surface area (Å²) in [4.78, 5) is 54.2. The summed E-state index contributed by atoms with van der Waals surface area (Å²) in [6.07, 6.45) is -1.79. The largest absolute Gasteiger partial charge is 0.476 e. The van der Waals surface area contributed by atoms with Gasteiger partial charge in [0, 0.05) is 25.1 Å². The number of ether oxygens (including phenoxy) is 2. The maximum atomic E-state index is 12.0. The van der Waals surface area contributed by atoms with Crippen LogP contribution < -0.4 is 11.2 Å². The molecule has 0 spiro atoms. The fourth-order valence-corrected chi connectivity index (χ4v) is 4.24. The van der Waals surface area contributed by atoms with Crippen molar-refractivity contribution in [3.63, 3.8) is 0 Å². The fraction of sp³-hybridized carbons (Fsp3) is 0.583. The van der Waals surface area contributed by atoms with E-state index >= 15 is 0 Å². The Morgan fingerprint density at radius 3 is 2.64 bits per heavy atom. The molecule has 16 heteroatoms. The van der Waals surface area contributed by atoms with Crippen molar-refractivity contribution < 1.29 is 42.0 Å². The molecule has 13 nitrogen and oxygen atoms in total. The van der Waals surface area contributed by atoms with Gasteiger partial charge in [0.1, 0.15) is 18.4 Å². The van der Waals surface area contributed by atoms with Crippen LogP contribution in [0, 0.1) is 6.92 Å². The zero-order chi connectivity index (χ0) is 21.3. The van der Waals surface area contributed by atoms with Crippen LogP contribution in [0.2, 0.25) is 0 Å². The van der Waals surface area contributed by atoms with Crippen LogP contribution in [-0.2, 0) is 32.2 Å². The second-order valence-electron chi connectivity index (χ2n) is 5.90. The first-order valence-electron chi connectivity index (χ1n) is 7.72. The standard InChI is InChI=1S/C12H17BN2O11P2/c1-6-4-15(12(18)14-11(6)17)10-3-8(24-7(2)16)9(25-10)5-23-27(13,19)26-28(20,21)22/h4,8-10H,3,5H2,1-2H3,(H,14,17,18)(H2,20,21,22)/t8-,9+,10+,27?/m0/s1. The van der Waals surface area contributed by atoms with Crippen molar-refractivity contribution in [2.24, 2.45) is 0 Å². The molecular formula is C12H17BN2O11P2. The number of aryl methyl sites for hydroxylation is 1. The maximum absolute atomic E-state index is 12.0. The number of esters is 1. The highest BCUT2D eigenvalue weighted by atomic mass is 31.3. The first-order valence-corrected chi connectivity index (χ1v) is 10.9. The maximum Gasteiger partial charge on any atom is 0.476 e. The van der Waals surface area contributed by atoms with E-state index in [0.717, 1.165) is 11.5 Å². The van der Waals surface area contributed by atoms with E-state index < -0.39 is 57.6 Å². The first kappa shape index (κ1) is 22.8. The summed E-state index contributed by atoms with van der Waals surface area (Å²) in [5, 5.41) is 0. The first-order chi connectivity index (χ1) is 12.8. The molecule has 1 aromatic heterocycles. The molecule has 4 atom stereocenters. The number of hydrogen-bond acceptors (Lipinski definition) is 9. The number of carbonyl (C=O) groups is 1. The van der Waals surface area contributed by atoms with Gasteiger partial charge in [-0.3, -0.25) is 23.7 Å². The Labute approximate surface area is 159 Å². The third-order valence-electron chi connectivity index (χ3n) is 3.59. The Morgan fingerprint density at radius 2 is 2.07 bits per heavy atom. The molecule has 154 valence electrons. The Kier molecular flexibility index (Phi) is 6.88. The minimum Gasteiger partial charge on any atom is -0.460 e. The van der Waals surface area contributed by atoms with Gasteiger partial charge in [0.15, 0.2) is 0 Å². The van der Waals surface area contributed by atoms with E-state index in [2.05, 4.69) is 9.29 Å². The molecular weight excluding hydrogens is 421 g/mol. The van der Waals surface area contributed by atoms with Gasteiger partial charge in [-0.05, 0) is 6.92 Å². The van der Waals surface area contributed by atoms with Gasteiger partial charge < -0.3 is 23.8 Å². The number of aromatic amines is 1. The average molecular weight is 438 g/mol. The van der Waals surface area contributed by atoms with E-state index in [9.17, 15) is 23.5 Å². The quantitative estimate of drug-likeness (QED) is 0.283. The van der Waals surface area contributed by atoms with Gasteiger partial charge in [0.2, 0.25) is 7.57 Å². The lowest BCUT2D eigenvalue weighted by atomic mass is 10.2. The van der Waals surface area contributed by atoms with E-state index in [1.54, 1.807) is 0 Å². The Hall–Kier alpha value is -1.53. The Balaban J connectivity index is 2.19. The summed E-state index contributed by atoms with van der Waals surface area (Å²) in [6, 6.07) is 0. The molecule has 28 heavy (non-hydrogen) atoms. The van der Waals surface area contributed by atoms with Crippen molar-refractivity contribution in [3.8, 4) is 0 Å². The van der Waals surface area contributed by atoms with Gasteiger partial charge in [-0.2, -0.15) is 0 Å². The predicted molar refractivity (Wildman–Crippen MR) is 92.6 cm³/mol. The summed E-state index contributed by atoms with van der Waals surface area (Å²) < 4.78 is 42.9. The van der Waals surface area contributed by atoms with Crippen molar-refractivity contribution in [2.45, 2.75) is 38.7 Å². The third kappa shape index (κ3) is 6.24. The van der Waals surface area contributed by atoms with E-state index in [1.165, 1.54) is 13.1 Å². The molecule has 2 heterocycles. The Morgan fingerprint density at radius 1 is 1.43 bits per heavy atom. The monoisotopic (exact) mass is 438 g/mol. The number of aromatic nitrogens is 2. The molecule has 1 saturated heterocycles. The molecule has 0 bridgehead atoms. The molecule has 2 rings (SSSR count). The average Bonchev–Trinajstić information content (AvgIpc) is 2.88. The van der Waals surface area contributed by atoms with E-state index in [1.807, 2.05) is 0 Å². The number of carbonyl (C=O) groups excluding carboxylic acids is 1. The summed E-state index contributed by atoms with van der Waals surface area (Å²) in [6.45, 7) is 1.98. The van der Waals surface area contributed by atoms with Crippen LogP contribution in [0.25, 0.3) is 0 Å². The van der Waals surface area contributed by atoms with Gasteiger partial charge in [0.05, 0.1) is 6.61 Å². The molecule has 1 aliphatic heterocycles. The van der Waals surface area contributed by atoms with E-state index in [4.69, 9.17) is 31.4 Å². The van der Waals surface area contributed by atoms with Crippen LogP contribution in [-0.4, -0.2) is 51.7 Å². The molecule has 0 saturated carbocycles. The summed E-state index contributed by atoms with van der Waals surface area (Å²) in [5.41, 5.74) is -1.11. The second kappa shape index (κ2) is 8.46. The van der Waals surface area contributed by atoms with Gasteiger partial charge in [-0.1, -0.05) is 0 Å². The molecule has 1 aliphatic rings. The minimum atomic E-state index is -5.18. The highest BCUT2D eigenvalue weighted by Crippen LogP contribution is 2.57. The number of nitrogens with zero attached hydrogens (tertiary/aromatic N) is 1. The van der Waals surface area contributed by atoms with Crippen molar-refractivity contribution >= 4 is 28.8 Å². The highest BCUT2D eigenvalue weighted by molar-refractivity contribution is 7.83. The van der Waals surface area contributed by atoms with E-state index in [0.29, 0.717) is 0 Å². The smallest absolute Gasteiger partial charge is 0.460 e. The van der Waals surface area contributed by atoms with Crippen LogP contribution >= 0.6 is 15.3 Å². The van der Waals surface area contributed by atoms with Gasteiger partial charge in [-0.25, -0.2) is 13.7 Å². The highest BCUT2D eigenvalue weighted by Gasteiger charge is 2.40. The number of hydrogen-bond donors (Lipinski definition) is 3. The van der Waals surface area contributed by atoms with Crippen LogP contribution in [0.1, 0.15) is 25.1 Å². The normalized spacial score (nSPS) is 24.6. The second-order valence-corrected chi connectivity index (χ2v) is 8.87. The molecule has 3 N–H and O–H groups in total. The van der Waals surface area contributed by atoms with E-state index in [-0.39, 0.29) is 12.0 Å². The number of H-pyrrole nitrogens is 1. The van der Waals surface area contributed by atoms with Gasteiger partial charge in [-0.15, -0.1) is 0 Å². The van der Waals surface area contributed by atoms with Gasteiger partial charge >= 0.3 is 19.5 Å². The van der Waals surface area contributed by atoms with Gasteiger partial charge in [0.25, 0.3) is 13.0 Å². The van der Waals surface area contributed by atoms with Crippen molar-refractivity contribution in [2.75, 3.05) is 6.61 Å². The lowest BCUT2D eigenvalue weighted by Crippen LogP contribution is -2.33. The van der Waals surface area contributed by atoms with Crippen molar-refractivity contribution in [1.82, 2.24) is 9.55 Å². The van der Waals surface area contributed by atoms with Crippen LogP contribution in [0.3, 0.4) is 0 Å². The summed E-state index contributed by atoms with van der Waals surface area (Å²) in [5.74, 6) is -0.674. The zero-order valence-electron chi connectivity index (χ0n) is 14.7. The molecule has 0 aliphatic carbocycles. The predicted octanol–water partition coefficient (Wildman–Crippen LogP) is -0.533. The summed E-state index contributed by atoms with van der Waals surface area (Å²) in [7, 11) is -4.73. The lowest BCUT2D eigenvalue weighted by Gasteiger charge is -2.21. The molecule has 0 amide bonds. The SMILES string of the molecule is [B]P(=O)(OC[C@H]1O[C@@H](n2cc(C)c(=O)[nH]c2=O)C[C@@H]1OC(C)=O)OP(=O)(O)O. The topological polar surface area (TPSA) is 183 Å².